The summed E-state index contributed by atoms with van der Waals surface area (Å²) in [4.78, 5) is 46.8. The molecule has 1 saturated carbocycles. The van der Waals surface area contributed by atoms with E-state index < -0.39 is 11.6 Å². The minimum atomic E-state index is -0.833. The number of imide groups is 1. The first-order chi connectivity index (χ1) is 15.2. The summed E-state index contributed by atoms with van der Waals surface area (Å²) in [7, 11) is 0. The van der Waals surface area contributed by atoms with Crippen LogP contribution >= 0.6 is 0 Å². The number of nitrogens with one attached hydrogen (secondary N) is 3. The van der Waals surface area contributed by atoms with E-state index in [0.29, 0.717) is 38.1 Å². The summed E-state index contributed by atoms with van der Waals surface area (Å²) in [6.07, 6.45) is 4.49. The zero-order chi connectivity index (χ0) is 22.9. The van der Waals surface area contributed by atoms with Gasteiger partial charge in [-0.1, -0.05) is 32.9 Å². The van der Waals surface area contributed by atoms with Gasteiger partial charge < -0.3 is 15.6 Å². The van der Waals surface area contributed by atoms with E-state index >= 15 is 0 Å². The van der Waals surface area contributed by atoms with E-state index in [-0.39, 0.29) is 23.8 Å². The molecule has 0 bridgehead atoms. The number of benzene rings is 1. The number of nitrogens with zero attached hydrogens (tertiary/aromatic N) is 2. The molecule has 8 nitrogen and oxygen atoms in total. The molecule has 1 aliphatic heterocycles. The van der Waals surface area contributed by atoms with Crippen molar-refractivity contribution in [3.63, 3.8) is 0 Å². The molecule has 2 heterocycles. The maximum atomic E-state index is 13.0. The highest BCUT2D eigenvalue weighted by Gasteiger charge is 2.53. The molecular weight excluding hydrogens is 406 g/mol. The molecule has 1 spiro atoms. The number of aromatic amines is 1. The summed E-state index contributed by atoms with van der Waals surface area (Å²) in [6.45, 7) is 6.87. The van der Waals surface area contributed by atoms with Crippen molar-refractivity contribution in [3.8, 4) is 0 Å². The number of imidazole rings is 1. The van der Waals surface area contributed by atoms with E-state index in [4.69, 9.17) is 0 Å². The fraction of sp³-hybridized carbons (Fsp3) is 0.583. The molecule has 2 aliphatic rings. The molecule has 4 rings (SSSR count). The van der Waals surface area contributed by atoms with Crippen molar-refractivity contribution in [1.82, 2.24) is 25.5 Å². The Balaban J connectivity index is 1.24. The average molecular weight is 440 g/mol. The summed E-state index contributed by atoms with van der Waals surface area (Å²) in [5.41, 5.74) is 1.28. The minimum Gasteiger partial charge on any atom is -0.355 e. The number of H-pyrrole nitrogens is 1. The van der Waals surface area contributed by atoms with Crippen LogP contribution in [-0.4, -0.2) is 51.3 Å². The zero-order valence-electron chi connectivity index (χ0n) is 19.2. The third-order valence-corrected chi connectivity index (χ3v) is 6.96. The number of urea groups is 1. The van der Waals surface area contributed by atoms with Gasteiger partial charge in [0, 0.05) is 13.0 Å². The van der Waals surface area contributed by atoms with Crippen molar-refractivity contribution in [2.75, 3.05) is 13.1 Å². The van der Waals surface area contributed by atoms with Gasteiger partial charge in [0.15, 0.2) is 0 Å². The molecule has 1 aromatic carbocycles. The van der Waals surface area contributed by atoms with Gasteiger partial charge in [-0.15, -0.1) is 0 Å². The molecule has 0 atom stereocenters. The molecule has 1 saturated heterocycles. The summed E-state index contributed by atoms with van der Waals surface area (Å²) in [5, 5.41) is 5.71. The number of hydrogen-bond donors (Lipinski definition) is 3. The van der Waals surface area contributed by atoms with E-state index in [2.05, 4.69) is 41.4 Å². The van der Waals surface area contributed by atoms with Gasteiger partial charge in [-0.3, -0.25) is 14.5 Å². The van der Waals surface area contributed by atoms with Crippen LogP contribution < -0.4 is 10.6 Å². The number of carbonyl (C=O) groups is 3. The van der Waals surface area contributed by atoms with Gasteiger partial charge in [-0.25, -0.2) is 9.78 Å². The molecular formula is C24H33N5O3. The van der Waals surface area contributed by atoms with Crippen LogP contribution in [-0.2, 0) is 16.0 Å². The third-order valence-electron chi connectivity index (χ3n) is 6.96. The smallest absolute Gasteiger partial charge is 0.325 e. The van der Waals surface area contributed by atoms with Crippen molar-refractivity contribution in [3.05, 3.63) is 30.1 Å². The van der Waals surface area contributed by atoms with E-state index in [0.717, 1.165) is 34.6 Å². The topological polar surface area (TPSA) is 107 Å². The molecule has 2 fully saturated rings. The Bertz CT molecular complexity index is 981. The molecule has 2 aromatic rings. The number of para-hydroxylation sites is 2. The van der Waals surface area contributed by atoms with Crippen LogP contribution in [0, 0.1) is 11.3 Å². The third kappa shape index (κ3) is 4.49. The van der Waals surface area contributed by atoms with Crippen molar-refractivity contribution in [2.45, 2.75) is 64.8 Å². The highest BCUT2D eigenvalue weighted by Crippen LogP contribution is 2.43. The van der Waals surface area contributed by atoms with Gasteiger partial charge in [0.1, 0.15) is 17.9 Å². The SMILES string of the molecule is CC(C)(C)C1CCC2(CC1)NC(=O)N(CC(=O)NCCCc1nc3ccccc3[nH]1)C2=O. The molecule has 8 heteroatoms. The number of carbonyl (C=O) groups excluding carboxylic acids is 3. The lowest BCUT2D eigenvalue weighted by atomic mass is 9.67. The lowest BCUT2D eigenvalue weighted by molar-refractivity contribution is -0.136. The predicted molar refractivity (Wildman–Crippen MR) is 122 cm³/mol. The summed E-state index contributed by atoms with van der Waals surface area (Å²) in [5.74, 6) is 0.829. The molecule has 4 amide bonds. The first-order valence-electron chi connectivity index (χ1n) is 11.5. The quantitative estimate of drug-likeness (QED) is 0.475. The van der Waals surface area contributed by atoms with Gasteiger partial charge in [0.2, 0.25) is 5.91 Å². The maximum absolute atomic E-state index is 13.0. The fourth-order valence-corrected chi connectivity index (χ4v) is 4.94. The number of hydrogen-bond acceptors (Lipinski definition) is 4. The van der Waals surface area contributed by atoms with Gasteiger partial charge in [-0.05, 0) is 55.6 Å². The van der Waals surface area contributed by atoms with Gasteiger partial charge in [-0.2, -0.15) is 0 Å². The summed E-state index contributed by atoms with van der Waals surface area (Å²) < 4.78 is 0. The number of fused-ring (bicyclic) bond motifs is 1. The van der Waals surface area contributed by atoms with Gasteiger partial charge >= 0.3 is 6.03 Å². The first kappa shape index (κ1) is 22.3. The van der Waals surface area contributed by atoms with Crippen LogP contribution in [0.15, 0.2) is 24.3 Å². The van der Waals surface area contributed by atoms with Crippen LogP contribution in [0.3, 0.4) is 0 Å². The van der Waals surface area contributed by atoms with E-state index in [1.165, 1.54) is 0 Å². The lowest BCUT2D eigenvalue weighted by Gasteiger charge is -2.40. The van der Waals surface area contributed by atoms with Gasteiger partial charge in [0.05, 0.1) is 11.0 Å². The van der Waals surface area contributed by atoms with Crippen molar-refractivity contribution in [2.24, 2.45) is 11.3 Å². The second-order valence-corrected chi connectivity index (χ2v) is 10.2. The van der Waals surface area contributed by atoms with Crippen molar-refractivity contribution >= 4 is 28.9 Å². The van der Waals surface area contributed by atoms with E-state index in [9.17, 15) is 14.4 Å². The Labute approximate surface area is 188 Å². The fourth-order valence-electron chi connectivity index (χ4n) is 4.94. The van der Waals surface area contributed by atoms with Crippen LogP contribution in [0.1, 0.15) is 58.7 Å². The number of aromatic nitrogens is 2. The van der Waals surface area contributed by atoms with Crippen LogP contribution in [0.2, 0.25) is 0 Å². The average Bonchev–Trinajstić information content (AvgIpc) is 3.25. The van der Waals surface area contributed by atoms with Crippen LogP contribution in [0.5, 0.6) is 0 Å². The van der Waals surface area contributed by atoms with Crippen LogP contribution in [0.4, 0.5) is 4.79 Å². The minimum absolute atomic E-state index is 0.190. The van der Waals surface area contributed by atoms with Gasteiger partial charge in [0.25, 0.3) is 5.91 Å². The molecule has 1 aromatic heterocycles. The lowest BCUT2D eigenvalue weighted by Crippen LogP contribution is -2.51. The summed E-state index contributed by atoms with van der Waals surface area (Å²) in [6, 6.07) is 7.39. The Kier molecular flexibility index (Phi) is 5.97. The maximum Gasteiger partial charge on any atom is 0.325 e. The predicted octanol–water partition coefficient (Wildman–Crippen LogP) is 3.14. The Hall–Kier alpha value is -2.90. The molecule has 172 valence electrons. The number of aryl methyl sites for hydroxylation is 1. The normalized spacial score (nSPS) is 23.7. The molecule has 3 N–H and O–H groups in total. The standard InChI is InChI=1S/C24H33N5O3/c1-23(2,3)16-10-12-24(13-11-16)21(31)29(22(32)28-24)15-20(30)25-14-6-9-19-26-17-7-4-5-8-18(17)27-19/h4-5,7-8,16H,6,9-15H2,1-3H3,(H,25,30)(H,26,27)(H,28,32). The Morgan fingerprint density at radius 1 is 1.22 bits per heavy atom. The molecule has 0 radical (unpaired) electrons. The summed E-state index contributed by atoms with van der Waals surface area (Å²) >= 11 is 0. The second-order valence-electron chi connectivity index (χ2n) is 10.2. The highest BCUT2D eigenvalue weighted by molar-refractivity contribution is 6.09. The monoisotopic (exact) mass is 439 g/mol. The van der Waals surface area contributed by atoms with Crippen molar-refractivity contribution in [1.29, 1.82) is 0 Å². The van der Waals surface area contributed by atoms with Crippen molar-refractivity contribution < 1.29 is 14.4 Å². The second kappa shape index (κ2) is 8.56. The first-order valence-corrected chi connectivity index (χ1v) is 11.5. The Morgan fingerprint density at radius 2 is 1.94 bits per heavy atom. The van der Waals surface area contributed by atoms with E-state index in [1.807, 2.05) is 24.3 Å². The molecule has 1 aliphatic carbocycles. The largest absolute Gasteiger partial charge is 0.355 e. The zero-order valence-corrected chi connectivity index (χ0v) is 19.2. The number of amides is 4. The number of rotatable bonds is 6. The molecule has 0 unspecified atom stereocenters. The van der Waals surface area contributed by atoms with Crippen LogP contribution in [0.25, 0.3) is 11.0 Å². The van der Waals surface area contributed by atoms with E-state index in [1.54, 1.807) is 0 Å². The molecule has 32 heavy (non-hydrogen) atoms. The highest BCUT2D eigenvalue weighted by atomic mass is 16.2. The Morgan fingerprint density at radius 3 is 2.62 bits per heavy atom.